The Labute approximate surface area is 42.8 Å². The summed E-state index contributed by atoms with van der Waals surface area (Å²) in [6.07, 6.45) is 0.380. The van der Waals surface area contributed by atoms with E-state index in [4.69, 9.17) is 10.6 Å². The second-order valence-corrected chi connectivity index (χ2v) is 1.83. The van der Waals surface area contributed by atoms with Crippen molar-refractivity contribution in [3.63, 3.8) is 0 Å². The van der Waals surface area contributed by atoms with Gasteiger partial charge in [-0.2, -0.15) is 0 Å². The number of hydrogen-bond acceptors (Lipinski definition) is 3. The Balaban J connectivity index is 2.10. The average molecular weight is 102 g/mol. The number of hydrogen-bond donors (Lipinski definition) is 2. The lowest BCUT2D eigenvalue weighted by molar-refractivity contribution is 0.354. The molecule has 1 rings (SSSR count). The third-order valence-corrected chi connectivity index (χ3v) is 1.18. The zero-order chi connectivity index (χ0) is 5.28. The van der Waals surface area contributed by atoms with E-state index in [2.05, 4.69) is 5.43 Å². The first kappa shape index (κ1) is 5.03. The van der Waals surface area contributed by atoms with Gasteiger partial charge in [0.2, 0.25) is 0 Å². The lowest BCUT2D eigenvalue weighted by Gasteiger charge is -2.02. The van der Waals surface area contributed by atoms with Crippen molar-refractivity contribution in [2.75, 3.05) is 6.61 Å². The Morgan fingerprint density at radius 2 is 2.57 bits per heavy atom. The van der Waals surface area contributed by atoms with Gasteiger partial charge in [0.15, 0.2) is 0 Å². The molecule has 3 heteroatoms. The Morgan fingerprint density at radius 3 is 2.71 bits per heavy atom. The van der Waals surface area contributed by atoms with Gasteiger partial charge in [0.25, 0.3) is 0 Å². The van der Waals surface area contributed by atoms with Gasteiger partial charge >= 0.3 is 0 Å². The third kappa shape index (κ3) is 1.12. The molecule has 42 valence electrons. The SMILES string of the molecule is CC(NN)C1CO1. The molecule has 0 saturated carbocycles. The molecule has 2 atom stereocenters. The smallest absolute Gasteiger partial charge is 0.0973 e. The fourth-order valence-corrected chi connectivity index (χ4v) is 0.452. The van der Waals surface area contributed by atoms with E-state index in [1.807, 2.05) is 6.92 Å². The van der Waals surface area contributed by atoms with Crippen molar-refractivity contribution in [1.82, 2.24) is 5.43 Å². The standard InChI is InChI=1S/C4H10N2O/c1-3(6-5)4-2-7-4/h3-4,6H,2,5H2,1H3. The normalized spacial score (nSPS) is 32.6. The van der Waals surface area contributed by atoms with Crippen LogP contribution in [0.25, 0.3) is 0 Å². The first-order valence-corrected chi connectivity index (χ1v) is 2.42. The highest BCUT2D eigenvalue weighted by Gasteiger charge is 2.28. The lowest BCUT2D eigenvalue weighted by Crippen LogP contribution is -2.36. The highest BCUT2D eigenvalue weighted by molar-refractivity contribution is 4.78. The van der Waals surface area contributed by atoms with Crippen molar-refractivity contribution in [3.8, 4) is 0 Å². The quantitative estimate of drug-likeness (QED) is 0.273. The van der Waals surface area contributed by atoms with Crippen LogP contribution < -0.4 is 11.3 Å². The van der Waals surface area contributed by atoms with Crippen LogP contribution in [0.4, 0.5) is 0 Å². The molecular weight excluding hydrogens is 92.1 g/mol. The summed E-state index contributed by atoms with van der Waals surface area (Å²) in [4.78, 5) is 0. The summed E-state index contributed by atoms with van der Waals surface area (Å²) in [7, 11) is 0. The summed E-state index contributed by atoms with van der Waals surface area (Å²) in [6, 6.07) is 0.319. The second kappa shape index (κ2) is 1.78. The monoisotopic (exact) mass is 102 g/mol. The van der Waals surface area contributed by atoms with Crippen molar-refractivity contribution in [3.05, 3.63) is 0 Å². The molecule has 0 aromatic carbocycles. The predicted molar refractivity (Wildman–Crippen MR) is 26.5 cm³/mol. The summed E-state index contributed by atoms with van der Waals surface area (Å²) in [5, 5.41) is 0. The molecule has 7 heavy (non-hydrogen) atoms. The van der Waals surface area contributed by atoms with E-state index < -0.39 is 0 Å². The highest BCUT2D eigenvalue weighted by atomic mass is 16.6. The van der Waals surface area contributed by atoms with E-state index in [1.165, 1.54) is 0 Å². The van der Waals surface area contributed by atoms with Gasteiger partial charge in [0, 0.05) is 6.04 Å². The van der Waals surface area contributed by atoms with Gasteiger partial charge in [-0.25, -0.2) is 0 Å². The van der Waals surface area contributed by atoms with Crippen LogP contribution in [-0.2, 0) is 4.74 Å². The number of hydrazine groups is 1. The molecule has 0 bridgehead atoms. The Kier molecular flexibility index (Phi) is 1.27. The summed E-state index contributed by atoms with van der Waals surface area (Å²) in [5.41, 5.74) is 2.60. The molecule has 1 aliphatic heterocycles. The highest BCUT2D eigenvalue weighted by Crippen LogP contribution is 2.11. The van der Waals surface area contributed by atoms with Crippen LogP contribution in [0.3, 0.4) is 0 Å². The molecule has 0 aromatic rings. The van der Waals surface area contributed by atoms with Crippen LogP contribution >= 0.6 is 0 Å². The van der Waals surface area contributed by atoms with Crippen molar-refractivity contribution < 1.29 is 4.74 Å². The largest absolute Gasteiger partial charge is 0.371 e. The first-order valence-electron chi connectivity index (χ1n) is 2.42. The lowest BCUT2D eigenvalue weighted by atomic mass is 10.3. The maximum atomic E-state index is 5.08. The van der Waals surface area contributed by atoms with Gasteiger partial charge < -0.3 is 4.74 Å². The molecule has 0 aromatic heterocycles. The van der Waals surface area contributed by atoms with Crippen molar-refractivity contribution in [2.45, 2.75) is 19.1 Å². The molecule has 0 spiro atoms. The molecule has 3 N–H and O–H groups in total. The van der Waals surface area contributed by atoms with Crippen LogP contribution in [0.15, 0.2) is 0 Å². The Bertz CT molecular complexity index is 62.7. The molecule has 1 saturated heterocycles. The molecular formula is C4H10N2O. The fourth-order valence-electron chi connectivity index (χ4n) is 0.452. The van der Waals surface area contributed by atoms with E-state index in [9.17, 15) is 0 Å². The van der Waals surface area contributed by atoms with Crippen molar-refractivity contribution in [2.24, 2.45) is 5.84 Å². The molecule has 1 heterocycles. The zero-order valence-corrected chi connectivity index (χ0v) is 4.35. The van der Waals surface area contributed by atoms with E-state index in [-0.39, 0.29) is 0 Å². The van der Waals surface area contributed by atoms with E-state index in [0.717, 1.165) is 6.61 Å². The van der Waals surface area contributed by atoms with Gasteiger partial charge in [0.1, 0.15) is 0 Å². The van der Waals surface area contributed by atoms with Crippen LogP contribution in [0.2, 0.25) is 0 Å². The number of rotatable bonds is 2. The average Bonchev–Trinajstić information content (AvgIpc) is 2.44. The Morgan fingerprint density at radius 1 is 2.00 bits per heavy atom. The minimum absolute atomic E-state index is 0.319. The third-order valence-electron chi connectivity index (χ3n) is 1.18. The minimum Gasteiger partial charge on any atom is -0.371 e. The summed E-state index contributed by atoms with van der Waals surface area (Å²) in [5.74, 6) is 5.08. The molecule has 1 aliphatic rings. The van der Waals surface area contributed by atoms with Crippen molar-refractivity contribution >= 4 is 0 Å². The number of epoxide rings is 1. The van der Waals surface area contributed by atoms with E-state index in [0.29, 0.717) is 12.1 Å². The van der Waals surface area contributed by atoms with E-state index >= 15 is 0 Å². The number of nitrogens with two attached hydrogens (primary N) is 1. The number of ether oxygens (including phenoxy) is 1. The van der Waals surface area contributed by atoms with Crippen LogP contribution in [-0.4, -0.2) is 18.8 Å². The number of nitrogens with one attached hydrogen (secondary N) is 1. The zero-order valence-electron chi connectivity index (χ0n) is 4.35. The van der Waals surface area contributed by atoms with Gasteiger partial charge in [-0.05, 0) is 6.92 Å². The molecule has 3 nitrogen and oxygen atoms in total. The van der Waals surface area contributed by atoms with Crippen LogP contribution in [0, 0.1) is 0 Å². The predicted octanol–water partition coefficient (Wildman–Crippen LogP) is -0.763. The minimum atomic E-state index is 0.319. The van der Waals surface area contributed by atoms with E-state index in [1.54, 1.807) is 0 Å². The maximum Gasteiger partial charge on any atom is 0.0973 e. The summed E-state index contributed by atoms with van der Waals surface area (Å²) >= 11 is 0. The second-order valence-electron chi connectivity index (χ2n) is 1.83. The summed E-state index contributed by atoms with van der Waals surface area (Å²) < 4.78 is 4.92. The molecule has 0 aliphatic carbocycles. The Hall–Kier alpha value is -0.120. The maximum absolute atomic E-state index is 5.08. The van der Waals surface area contributed by atoms with Crippen LogP contribution in [0.1, 0.15) is 6.92 Å². The molecule has 0 amide bonds. The first-order chi connectivity index (χ1) is 3.34. The molecule has 0 radical (unpaired) electrons. The van der Waals surface area contributed by atoms with Crippen LogP contribution in [0.5, 0.6) is 0 Å². The molecule has 2 unspecified atom stereocenters. The fraction of sp³-hybridized carbons (Fsp3) is 1.00. The van der Waals surface area contributed by atoms with Gasteiger partial charge in [-0.3, -0.25) is 11.3 Å². The summed E-state index contributed by atoms with van der Waals surface area (Å²) in [6.45, 7) is 2.86. The van der Waals surface area contributed by atoms with Gasteiger partial charge in [-0.1, -0.05) is 0 Å². The topological polar surface area (TPSA) is 50.6 Å². The van der Waals surface area contributed by atoms with Gasteiger partial charge in [0.05, 0.1) is 12.7 Å². The molecule has 1 fully saturated rings. The van der Waals surface area contributed by atoms with Crippen molar-refractivity contribution in [1.29, 1.82) is 0 Å². The van der Waals surface area contributed by atoms with Gasteiger partial charge in [-0.15, -0.1) is 0 Å².